The Morgan fingerprint density at radius 3 is 2.44 bits per heavy atom. The van der Waals surface area contributed by atoms with Crippen LogP contribution in [-0.4, -0.2) is 73.4 Å². The third kappa shape index (κ3) is 4.92. The van der Waals surface area contributed by atoms with Gasteiger partial charge in [-0.2, -0.15) is 0 Å². The average Bonchev–Trinajstić information content (AvgIpc) is 2.34. The van der Waals surface area contributed by atoms with Crippen LogP contribution in [0.25, 0.3) is 0 Å². The van der Waals surface area contributed by atoms with Gasteiger partial charge >= 0.3 is 5.97 Å². The number of hydrogen-bond donors (Lipinski definition) is 1. The maximum atomic E-state index is 11.2. The van der Waals surface area contributed by atoms with Crippen molar-refractivity contribution in [3.63, 3.8) is 0 Å². The molecule has 1 aliphatic rings. The van der Waals surface area contributed by atoms with Crippen LogP contribution in [0.2, 0.25) is 0 Å². The fraction of sp³-hybridized carbons (Fsp3) is 0.909. The number of aliphatic hydroxyl groups excluding tert-OH is 1. The number of ether oxygens (including phenoxy) is 1. The molecule has 5 heteroatoms. The summed E-state index contributed by atoms with van der Waals surface area (Å²) in [5.74, 6) is -0.216. The molecule has 94 valence electrons. The first-order chi connectivity index (χ1) is 7.76. The van der Waals surface area contributed by atoms with Crippen molar-refractivity contribution in [2.24, 2.45) is 0 Å². The zero-order valence-corrected chi connectivity index (χ0v) is 10.0. The van der Waals surface area contributed by atoms with E-state index in [2.05, 4.69) is 16.7 Å². The van der Waals surface area contributed by atoms with Crippen LogP contribution in [0.15, 0.2) is 0 Å². The van der Waals surface area contributed by atoms with Crippen LogP contribution in [0, 0.1) is 0 Å². The second-order valence-electron chi connectivity index (χ2n) is 3.97. The fourth-order valence-electron chi connectivity index (χ4n) is 1.81. The maximum absolute atomic E-state index is 11.2. The largest absolute Gasteiger partial charge is 0.463 e. The molecule has 1 rings (SSSR count). The Bertz CT molecular complexity index is 203. The van der Waals surface area contributed by atoms with Gasteiger partial charge in [-0.05, 0) is 6.54 Å². The van der Waals surface area contributed by atoms with Crippen molar-refractivity contribution in [1.82, 2.24) is 9.80 Å². The second-order valence-corrected chi connectivity index (χ2v) is 3.97. The maximum Gasteiger partial charge on any atom is 0.307 e. The van der Waals surface area contributed by atoms with E-state index >= 15 is 0 Å². The Morgan fingerprint density at radius 2 is 1.88 bits per heavy atom. The number of rotatable bonds is 6. The van der Waals surface area contributed by atoms with E-state index in [1.807, 2.05) is 0 Å². The Kier molecular flexibility index (Phi) is 6.37. The van der Waals surface area contributed by atoms with Gasteiger partial charge in [0.2, 0.25) is 0 Å². The van der Waals surface area contributed by atoms with Crippen LogP contribution in [0.4, 0.5) is 0 Å². The summed E-state index contributed by atoms with van der Waals surface area (Å²) in [7, 11) is 0. The summed E-state index contributed by atoms with van der Waals surface area (Å²) in [6.45, 7) is 8.28. The Balaban J connectivity index is 2.07. The lowest BCUT2D eigenvalue weighted by Crippen LogP contribution is -2.46. The van der Waals surface area contributed by atoms with E-state index in [4.69, 9.17) is 9.84 Å². The van der Waals surface area contributed by atoms with Crippen molar-refractivity contribution in [2.75, 3.05) is 52.5 Å². The SMILES string of the molecule is CCN1CCN(CCC(=O)OCCO)CC1. The molecule has 0 unspecified atom stereocenters. The molecular weight excluding hydrogens is 208 g/mol. The average molecular weight is 230 g/mol. The quantitative estimate of drug-likeness (QED) is 0.626. The number of piperazine rings is 1. The molecule has 0 aliphatic carbocycles. The number of hydrogen-bond acceptors (Lipinski definition) is 5. The normalized spacial score (nSPS) is 18.6. The first-order valence-corrected chi connectivity index (χ1v) is 5.97. The lowest BCUT2D eigenvalue weighted by molar-refractivity contribution is -0.145. The highest BCUT2D eigenvalue weighted by atomic mass is 16.5. The minimum atomic E-state index is -0.216. The molecule has 0 aromatic rings. The summed E-state index contributed by atoms with van der Waals surface area (Å²) >= 11 is 0. The van der Waals surface area contributed by atoms with Gasteiger partial charge < -0.3 is 19.6 Å². The molecule has 1 heterocycles. The number of likely N-dealkylation sites (N-methyl/N-ethyl adjacent to an activating group) is 1. The van der Waals surface area contributed by atoms with E-state index in [9.17, 15) is 4.79 Å². The number of carbonyl (C=O) groups excluding carboxylic acids is 1. The highest BCUT2D eigenvalue weighted by Gasteiger charge is 2.16. The van der Waals surface area contributed by atoms with Gasteiger partial charge in [0, 0.05) is 32.7 Å². The van der Waals surface area contributed by atoms with E-state index in [0.717, 1.165) is 39.3 Å². The summed E-state index contributed by atoms with van der Waals surface area (Å²) in [6, 6.07) is 0. The minimum absolute atomic E-state index is 0.0963. The van der Waals surface area contributed by atoms with Crippen LogP contribution in [0.5, 0.6) is 0 Å². The molecule has 0 saturated carbocycles. The predicted octanol–water partition coefficient (Wildman–Crippen LogP) is -0.450. The Morgan fingerprint density at radius 1 is 1.25 bits per heavy atom. The molecule has 5 nitrogen and oxygen atoms in total. The molecule has 16 heavy (non-hydrogen) atoms. The van der Waals surface area contributed by atoms with Crippen LogP contribution in [0.3, 0.4) is 0 Å². The molecule has 1 aliphatic heterocycles. The molecular formula is C11H22N2O3. The summed E-state index contributed by atoms with van der Waals surface area (Å²) in [5.41, 5.74) is 0. The van der Waals surface area contributed by atoms with Crippen LogP contribution in [0.1, 0.15) is 13.3 Å². The zero-order chi connectivity index (χ0) is 11.8. The Hall–Kier alpha value is -0.650. The van der Waals surface area contributed by atoms with Crippen LogP contribution in [-0.2, 0) is 9.53 Å². The number of aliphatic hydroxyl groups is 1. The Labute approximate surface area is 97.0 Å². The van der Waals surface area contributed by atoms with E-state index in [1.165, 1.54) is 0 Å². The third-order valence-electron chi connectivity index (χ3n) is 2.90. The molecule has 0 radical (unpaired) electrons. The van der Waals surface area contributed by atoms with Gasteiger partial charge in [0.05, 0.1) is 13.0 Å². The van der Waals surface area contributed by atoms with Crippen molar-refractivity contribution in [2.45, 2.75) is 13.3 Å². The van der Waals surface area contributed by atoms with Gasteiger partial charge in [0.15, 0.2) is 0 Å². The smallest absolute Gasteiger partial charge is 0.307 e. The van der Waals surface area contributed by atoms with Crippen molar-refractivity contribution < 1.29 is 14.6 Å². The molecule has 0 spiro atoms. The van der Waals surface area contributed by atoms with E-state index in [0.29, 0.717) is 6.42 Å². The monoisotopic (exact) mass is 230 g/mol. The van der Waals surface area contributed by atoms with Gasteiger partial charge in [-0.1, -0.05) is 6.92 Å². The fourth-order valence-corrected chi connectivity index (χ4v) is 1.81. The molecule has 0 amide bonds. The van der Waals surface area contributed by atoms with Crippen LogP contribution >= 0.6 is 0 Å². The van der Waals surface area contributed by atoms with Crippen molar-refractivity contribution in [3.05, 3.63) is 0 Å². The number of carbonyl (C=O) groups is 1. The van der Waals surface area contributed by atoms with Crippen molar-refractivity contribution in [3.8, 4) is 0 Å². The molecule has 1 N–H and O–H groups in total. The zero-order valence-electron chi connectivity index (χ0n) is 10.0. The first-order valence-electron chi connectivity index (χ1n) is 5.97. The second kappa shape index (κ2) is 7.60. The lowest BCUT2D eigenvalue weighted by Gasteiger charge is -2.33. The molecule has 0 aromatic heterocycles. The summed E-state index contributed by atoms with van der Waals surface area (Å²) < 4.78 is 4.80. The number of nitrogens with zero attached hydrogens (tertiary/aromatic N) is 2. The predicted molar refractivity (Wildman–Crippen MR) is 61.2 cm³/mol. The summed E-state index contributed by atoms with van der Waals surface area (Å²) in [5, 5.41) is 8.50. The minimum Gasteiger partial charge on any atom is -0.463 e. The molecule has 1 fully saturated rings. The number of esters is 1. The first kappa shape index (κ1) is 13.4. The lowest BCUT2D eigenvalue weighted by atomic mass is 10.3. The van der Waals surface area contributed by atoms with Gasteiger partial charge in [0.1, 0.15) is 6.61 Å². The highest BCUT2D eigenvalue weighted by molar-refractivity contribution is 5.69. The topological polar surface area (TPSA) is 53.0 Å². The van der Waals surface area contributed by atoms with E-state index in [1.54, 1.807) is 0 Å². The third-order valence-corrected chi connectivity index (χ3v) is 2.90. The summed E-state index contributed by atoms with van der Waals surface area (Å²) in [6.07, 6.45) is 0.423. The summed E-state index contributed by atoms with van der Waals surface area (Å²) in [4.78, 5) is 15.9. The van der Waals surface area contributed by atoms with Gasteiger partial charge in [-0.15, -0.1) is 0 Å². The van der Waals surface area contributed by atoms with Gasteiger partial charge in [0.25, 0.3) is 0 Å². The molecule has 0 bridgehead atoms. The van der Waals surface area contributed by atoms with Crippen LogP contribution < -0.4 is 0 Å². The molecule has 0 atom stereocenters. The van der Waals surface area contributed by atoms with Crippen molar-refractivity contribution >= 4 is 5.97 Å². The molecule has 1 saturated heterocycles. The standard InChI is InChI=1S/C11H22N2O3/c1-2-12-5-7-13(8-6-12)4-3-11(15)16-10-9-14/h14H,2-10H2,1H3. The van der Waals surface area contributed by atoms with E-state index < -0.39 is 0 Å². The van der Waals surface area contributed by atoms with Gasteiger partial charge in [-0.3, -0.25) is 4.79 Å². The van der Waals surface area contributed by atoms with Gasteiger partial charge in [-0.25, -0.2) is 0 Å². The van der Waals surface area contributed by atoms with Crippen molar-refractivity contribution in [1.29, 1.82) is 0 Å². The van der Waals surface area contributed by atoms with E-state index in [-0.39, 0.29) is 19.2 Å². The molecule has 0 aromatic carbocycles. The highest BCUT2D eigenvalue weighted by Crippen LogP contribution is 2.02.